The maximum atomic E-state index is 10.5. The van der Waals surface area contributed by atoms with Gasteiger partial charge in [-0.1, -0.05) is 23.9 Å². The minimum Gasteiger partial charge on any atom is -0.481 e. The van der Waals surface area contributed by atoms with Gasteiger partial charge in [0.05, 0.1) is 12.1 Å². The zero-order valence-electron chi connectivity index (χ0n) is 9.30. The van der Waals surface area contributed by atoms with Gasteiger partial charge in [0.25, 0.3) is 0 Å². The molecule has 1 N–H and O–H groups in total. The second kappa shape index (κ2) is 6.53. The second-order valence-electron chi connectivity index (χ2n) is 3.59. The average Bonchev–Trinajstić information content (AvgIpc) is 2.75. The van der Waals surface area contributed by atoms with Crippen molar-refractivity contribution in [1.82, 2.24) is 4.98 Å². The lowest BCUT2D eigenvalue weighted by Crippen LogP contribution is -1.99. The van der Waals surface area contributed by atoms with Crippen LogP contribution in [0, 0.1) is 3.57 Å². The Kier molecular flexibility index (Phi) is 5.02. The van der Waals surface area contributed by atoms with Crippen LogP contribution < -0.4 is 0 Å². The number of carbonyl (C=O) groups is 1. The number of carboxylic acid groups (broad SMARTS) is 1. The van der Waals surface area contributed by atoms with Gasteiger partial charge in [0, 0.05) is 14.7 Å². The number of rotatable bonds is 5. The Morgan fingerprint density at radius 1 is 1.39 bits per heavy atom. The molecule has 18 heavy (non-hydrogen) atoms. The zero-order chi connectivity index (χ0) is 13.0. The zero-order valence-corrected chi connectivity index (χ0v) is 13.1. The number of hydrogen-bond acceptors (Lipinski definition) is 4. The molecule has 0 fully saturated rings. The summed E-state index contributed by atoms with van der Waals surface area (Å²) in [6, 6.07) is 8.35. The van der Waals surface area contributed by atoms with E-state index in [0.717, 1.165) is 10.1 Å². The summed E-state index contributed by atoms with van der Waals surface area (Å²) in [5, 5.41) is 10.5. The first-order valence-corrected chi connectivity index (χ1v) is 8.11. The molecule has 0 unspecified atom stereocenters. The fraction of sp³-hybridized carbons (Fsp3) is 0.167. The van der Waals surface area contributed by atoms with E-state index in [1.807, 2.05) is 5.38 Å². The van der Waals surface area contributed by atoms with Crippen molar-refractivity contribution in [2.24, 2.45) is 0 Å². The molecule has 2 aromatic rings. The highest BCUT2D eigenvalue weighted by Gasteiger charge is 2.06. The summed E-state index contributed by atoms with van der Waals surface area (Å²) in [5.41, 5.74) is 1.88. The van der Waals surface area contributed by atoms with Gasteiger partial charge in [0.15, 0.2) is 0 Å². The van der Waals surface area contributed by atoms with Crippen molar-refractivity contribution >= 4 is 51.7 Å². The Balaban J connectivity index is 1.92. The van der Waals surface area contributed by atoms with Gasteiger partial charge in [-0.05, 0) is 40.3 Å². The second-order valence-corrected chi connectivity index (χ2v) is 6.92. The summed E-state index contributed by atoms with van der Waals surface area (Å²) in [6.45, 7) is 0. The first-order valence-electron chi connectivity index (χ1n) is 5.17. The average molecular weight is 391 g/mol. The van der Waals surface area contributed by atoms with Crippen LogP contribution in [-0.2, 0) is 17.0 Å². The van der Waals surface area contributed by atoms with Gasteiger partial charge in [0.1, 0.15) is 4.34 Å². The fourth-order valence-electron chi connectivity index (χ4n) is 1.32. The fourth-order valence-corrected chi connectivity index (χ4v) is 3.48. The molecule has 0 saturated heterocycles. The van der Waals surface area contributed by atoms with Crippen LogP contribution in [0.15, 0.2) is 34.0 Å². The quantitative estimate of drug-likeness (QED) is 0.624. The maximum Gasteiger partial charge on any atom is 0.309 e. The van der Waals surface area contributed by atoms with E-state index in [-0.39, 0.29) is 6.42 Å². The smallest absolute Gasteiger partial charge is 0.309 e. The molecule has 0 spiro atoms. The molecule has 1 heterocycles. The van der Waals surface area contributed by atoms with Crippen LogP contribution in [0.3, 0.4) is 0 Å². The summed E-state index contributed by atoms with van der Waals surface area (Å²) in [5.74, 6) is 0.0196. The largest absolute Gasteiger partial charge is 0.481 e. The topological polar surface area (TPSA) is 50.2 Å². The van der Waals surface area contributed by atoms with Gasteiger partial charge in [-0.2, -0.15) is 0 Å². The number of aliphatic carboxylic acids is 1. The number of hydrogen-bond donors (Lipinski definition) is 1. The third-order valence-corrected chi connectivity index (χ3v) is 5.00. The van der Waals surface area contributed by atoms with E-state index in [0.29, 0.717) is 5.69 Å². The molecule has 0 aliphatic rings. The molecule has 0 bridgehead atoms. The summed E-state index contributed by atoms with van der Waals surface area (Å²) in [6.07, 6.45) is 0.000587. The molecule has 6 heteroatoms. The Labute approximate surface area is 127 Å². The summed E-state index contributed by atoms with van der Waals surface area (Å²) in [7, 11) is 0. The van der Waals surface area contributed by atoms with Crippen LogP contribution in [-0.4, -0.2) is 16.1 Å². The number of benzene rings is 1. The molecule has 0 aliphatic heterocycles. The van der Waals surface area contributed by atoms with Gasteiger partial charge in [-0.15, -0.1) is 11.3 Å². The summed E-state index contributed by atoms with van der Waals surface area (Å²) >= 11 is 5.42. The molecular weight excluding hydrogens is 381 g/mol. The number of nitrogens with zero attached hydrogens (tertiary/aromatic N) is 1. The van der Waals surface area contributed by atoms with Crippen LogP contribution in [0.2, 0.25) is 0 Å². The monoisotopic (exact) mass is 391 g/mol. The molecule has 1 aromatic heterocycles. The molecule has 2 rings (SSSR count). The lowest BCUT2D eigenvalue weighted by atomic mass is 10.2. The molecule has 94 valence electrons. The lowest BCUT2D eigenvalue weighted by Gasteiger charge is -1.99. The first-order chi connectivity index (χ1) is 8.63. The summed E-state index contributed by atoms with van der Waals surface area (Å²) in [4.78, 5) is 14.8. The minimum atomic E-state index is -0.838. The molecular formula is C12H10INO2S2. The highest BCUT2D eigenvalue weighted by molar-refractivity contribution is 14.1. The van der Waals surface area contributed by atoms with Crippen molar-refractivity contribution in [1.29, 1.82) is 0 Å². The molecule has 3 nitrogen and oxygen atoms in total. The third kappa shape index (κ3) is 4.25. The Hall–Kier alpha value is -0.600. The van der Waals surface area contributed by atoms with Crippen LogP contribution in [0.25, 0.3) is 0 Å². The third-order valence-electron chi connectivity index (χ3n) is 2.14. The van der Waals surface area contributed by atoms with Crippen molar-refractivity contribution in [3.05, 3.63) is 44.5 Å². The number of halogens is 1. The predicted octanol–water partition coefficient (Wildman–Crippen LogP) is 3.67. The van der Waals surface area contributed by atoms with Crippen LogP contribution >= 0.6 is 45.7 Å². The summed E-state index contributed by atoms with van der Waals surface area (Å²) < 4.78 is 2.14. The van der Waals surface area contributed by atoms with Gasteiger partial charge in [-0.25, -0.2) is 4.98 Å². The van der Waals surface area contributed by atoms with Gasteiger partial charge < -0.3 is 5.11 Å². The van der Waals surface area contributed by atoms with Gasteiger partial charge in [0.2, 0.25) is 0 Å². The first kappa shape index (κ1) is 13.8. The molecule has 0 aliphatic carbocycles. The van der Waals surface area contributed by atoms with Crippen LogP contribution in [0.4, 0.5) is 0 Å². The lowest BCUT2D eigenvalue weighted by molar-refractivity contribution is -0.136. The van der Waals surface area contributed by atoms with Crippen molar-refractivity contribution in [2.75, 3.05) is 0 Å². The van der Waals surface area contributed by atoms with Crippen molar-refractivity contribution < 1.29 is 9.90 Å². The van der Waals surface area contributed by atoms with E-state index >= 15 is 0 Å². The highest BCUT2D eigenvalue weighted by Crippen LogP contribution is 2.26. The maximum absolute atomic E-state index is 10.5. The predicted molar refractivity (Wildman–Crippen MR) is 82.2 cm³/mol. The Morgan fingerprint density at radius 3 is 2.78 bits per heavy atom. The van der Waals surface area contributed by atoms with Crippen LogP contribution in [0.1, 0.15) is 11.3 Å². The normalized spacial score (nSPS) is 10.5. The number of thiazole rings is 1. The number of aromatic nitrogens is 1. The number of carboxylic acids is 1. The molecule has 0 atom stereocenters. The highest BCUT2D eigenvalue weighted by atomic mass is 127. The number of thioether (sulfide) groups is 1. The SMILES string of the molecule is O=C(O)Cc1csc(SCc2ccc(I)cc2)n1. The standard InChI is InChI=1S/C12H10INO2S2/c13-9-3-1-8(2-4-9)6-17-12-14-10(7-18-12)5-11(15)16/h1-4,7H,5-6H2,(H,15,16). The molecule has 0 radical (unpaired) electrons. The van der Waals surface area contributed by atoms with Gasteiger partial charge in [-0.3, -0.25) is 4.79 Å². The van der Waals surface area contributed by atoms with Gasteiger partial charge >= 0.3 is 5.97 Å². The van der Waals surface area contributed by atoms with E-state index in [9.17, 15) is 4.79 Å². The van der Waals surface area contributed by atoms with Crippen molar-refractivity contribution in [3.63, 3.8) is 0 Å². The van der Waals surface area contributed by atoms with E-state index in [1.165, 1.54) is 20.5 Å². The van der Waals surface area contributed by atoms with E-state index in [4.69, 9.17) is 5.11 Å². The van der Waals surface area contributed by atoms with E-state index in [1.54, 1.807) is 11.8 Å². The van der Waals surface area contributed by atoms with Crippen molar-refractivity contribution in [2.45, 2.75) is 16.5 Å². The van der Waals surface area contributed by atoms with Crippen molar-refractivity contribution in [3.8, 4) is 0 Å². The Bertz CT molecular complexity index is 539. The van der Waals surface area contributed by atoms with E-state index < -0.39 is 5.97 Å². The minimum absolute atomic E-state index is 0.000587. The Morgan fingerprint density at radius 2 is 2.11 bits per heavy atom. The van der Waals surface area contributed by atoms with Crippen LogP contribution in [0.5, 0.6) is 0 Å². The molecule has 0 saturated carbocycles. The molecule has 1 aromatic carbocycles. The molecule has 0 amide bonds. The van der Waals surface area contributed by atoms with E-state index in [2.05, 4.69) is 51.8 Å².